The summed E-state index contributed by atoms with van der Waals surface area (Å²) >= 11 is 0. The fourth-order valence-corrected chi connectivity index (χ4v) is 1.71. The highest BCUT2D eigenvalue weighted by atomic mass is 19.1. The van der Waals surface area contributed by atoms with E-state index in [4.69, 9.17) is 5.11 Å². The third-order valence-corrected chi connectivity index (χ3v) is 2.79. The first kappa shape index (κ1) is 15.1. The first-order chi connectivity index (χ1) is 8.80. The molecule has 0 saturated heterocycles. The number of nitrogens with one attached hydrogen (secondary N) is 1. The summed E-state index contributed by atoms with van der Waals surface area (Å²) in [6.45, 7) is 3.12. The number of halogens is 2. The number of aliphatic carboxylic acids is 1. The molecule has 1 aromatic rings. The largest absolute Gasteiger partial charge is 0.480 e. The van der Waals surface area contributed by atoms with Gasteiger partial charge in [-0.05, 0) is 25.5 Å². The monoisotopic (exact) mass is 271 g/mol. The Kier molecular flexibility index (Phi) is 4.58. The molecule has 1 unspecified atom stereocenters. The Labute approximate surface area is 109 Å². The summed E-state index contributed by atoms with van der Waals surface area (Å²) in [4.78, 5) is 23.0. The smallest absolute Gasteiger partial charge is 0.329 e. The van der Waals surface area contributed by atoms with Crippen LogP contribution in [-0.2, 0) is 4.79 Å². The molecule has 0 spiro atoms. The third-order valence-electron chi connectivity index (χ3n) is 2.79. The predicted molar refractivity (Wildman–Crippen MR) is 64.8 cm³/mol. The lowest BCUT2D eigenvalue weighted by molar-refractivity contribution is -0.144. The Morgan fingerprint density at radius 1 is 1.37 bits per heavy atom. The standard InChI is InChI=1S/C13H15F2NO3/c1-3-6-13(2,12(18)19)16-11(17)9-5-4-8(14)7-10(9)15/h4-5,7H,3,6H2,1-2H3,(H,16,17)(H,18,19). The zero-order chi connectivity index (χ0) is 14.6. The molecule has 0 radical (unpaired) electrons. The molecule has 1 amide bonds. The zero-order valence-electron chi connectivity index (χ0n) is 10.7. The Bertz CT molecular complexity index is 505. The SMILES string of the molecule is CCCC(C)(NC(=O)c1ccc(F)cc1F)C(=O)O. The van der Waals surface area contributed by atoms with E-state index in [1.165, 1.54) is 6.92 Å². The van der Waals surface area contributed by atoms with E-state index in [1.54, 1.807) is 6.92 Å². The second kappa shape index (κ2) is 5.77. The fraction of sp³-hybridized carbons (Fsp3) is 0.385. The molecule has 1 rings (SSSR count). The van der Waals surface area contributed by atoms with Gasteiger partial charge in [-0.25, -0.2) is 13.6 Å². The molecule has 0 aromatic heterocycles. The molecule has 0 bridgehead atoms. The number of carbonyl (C=O) groups excluding carboxylic acids is 1. The van der Waals surface area contributed by atoms with Gasteiger partial charge in [-0.3, -0.25) is 4.79 Å². The van der Waals surface area contributed by atoms with Crippen molar-refractivity contribution in [2.24, 2.45) is 0 Å². The third kappa shape index (κ3) is 3.49. The van der Waals surface area contributed by atoms with Gasteiger partial charge in [0.2, 0.25) is 0 Å². The maximum atomic E-state index is 13.4. The minimum Gasteiger partial charge on any atom is -0.480 e. The van der Waals surface area contributed by atoms with Crippen molar-refractivity contribution < 1.29 is 23.5 Å². The summed E-state index contributed by atoms with van der Waals surface area (Å²) in [5, 5.41) is 11.4. The summed E-state index contributed by atoms with van der Waals surface area (Å²) in [6, 6.07) is 2.50. The highest BCUT2D eigenvalue weighted by Gasteiger charge is 2.34. The number of hydrogen-bond donors (Lipinski definition) is 2. The quantitative estimate of drug-likeness (QED) is 0.863. The zero-order valence-corrected chi connectivity index (χ0v) is 10.7. The van der Waals surface area contributed by atoms with Crippen molar-refractivity contribution >= 4 is 11.9 Å². The molecule has 19 heavy (non-hydrogen) atoms. The van der Waals surface area contributed by atoms with Crippen LogP contribution in [0.25, 0.3) is 0 Å². The number of carboxylic acid groups (broad SMARTS) is 1. The molecule has 6 heteroatoms. The summed E-state index contributed by atoms with van der Waals surface area (Å²) in [7, 11) is 0. The molecule has 1 aromatic carbocycles. The summed E-state index contributed by atoms with van der Waals surface area (Å²) in [6.07, 6.45) is 0.742. The van der Waals surface area contributed by atoms with E-state index in [0.717, 1.165) is 12.1 Å². The number of benzene rings is 1. The van der Waals surface area contributed by atoms with Crippen molar-refractivity contribution in [1.29, 1.82) is 0 Å². The molecule has 0 aliphatic heterocycles. The van der Waals surface area contributed by atoms with Gasteiger partial charge in [-0.1, -0.05) is 13.3 Å². The van der Waals surface area contributed by atoms with E-state index >= 15 is 0 Å². The minimum absolute atomic E-state index is 0.205. The van der Waals surface area contributed by atoms with Gasteiger partial charge in [0.1, 0.15) is 17.2 Å². The predicted octanol–water partition coefficient (Wildman–Crippen LogP) is 2.34. The van der Waals surface area contributed by atoms with Crippen LogP contribution in [0.2, 0.25) is 0 Å². The van der Waals surface area contributed by atoms with Crippen molar-refractivity contribution in [1.82, 2.24) is 5.32 Å². The van der Waals surface area contributed by atoms with E-state index in [2.05, 4.69) is 5.32 Å². The first-order valence-electron chi connectivity index (χ1n) is 5.81. The lowest BCUT2D eigenvalue weighted by atomic mass is 9.95. The number of rotatable bonds is 5. The number of amides is 1. The summed E-state index contributed by atoms with van der Waals surface area (Å²) < 4.78 is 26.1. The highest BCUT2D eigenvalue weighted by Crippen LogP contribution is 2.16. The van der Waals surface area contributed by atoms with Crippen molar-refractivity contribution in [2.45, 2.75) is 32.2 Å². The van der Waals surface area contributed by atoms with Crippen molar-refractivity contribution in [3.63, 3.8) is 0 Å². The fourth-order valence-electron chi connectivity index (χ4n) is 1.71. The second-order valence-electron chi connectivity index (χ2n) is 4.47. The molecule has 0 fully saturated rings. The van der Waals surface area contributed by atoms with Crippen LogP contribution in [0.1, 0.15) is 37.0 Å². The van der Waals surface area contributed by atoms with E-state index in [-0.39, 0.29) is 12.0 Å². The maximum Gasteiger partial charge on any atom is 0.329 e. The average Bonchev–Trinajstić information content (AvgIpc) is 2.28. The van der Waals surface area contributed by atoms with E-state index < -0.39 is 29.0 Å². The van der Waals surface area contributed by atoms with Crippen LogP contribution in [0.15, 0.2) is 18.2 Å². The van der Waals surface area contributed by atoms with Gasteiger partial charge in [0.25, 0.3) is 5.91 Å². The topological polar surface area (TPSA) is 66.4 Å². The Morgan fingerprint density at radius 2 is 2.00 bits per heavy atom. The second-order valence-corrected chi connectivity index (χ2v) is 4.47. The Balaban J connectivity index is 2.97. The Hall–Kier alpha value is -1.98. The van der Waals surface area contributed by atoms with Gasteiger partial charge in [-0.15, -0.1) is 0 Å². The van der Waals surface area contributed by atoms with Crippen LogP contribution in [0.5, 0.6) is 0 Å². The maximum absolute atomic E-state index is 13.4. The van der Waals surface area contributed by atoms with Gasteiger partial charge in [0, 0.05) is 6.07 Å². The van der Waals surface area contributed by atoms with Gasteiger partial charge in [0.15, 0.2) is 0 Å². The van der Waals surface area contributed by atoms with Gasteiger partial charge < -0.3 is 10.4 Å². The van der Waals surface area contributed by atoms with Crippen LogP contribution in [0, 0.1) is 11.6 Å². The normalized spacial score (nSPS) is 13.7. The van der Waals surface area contributed by atoms with Crippen molar-refractivity contribution in [2.75, 3.05) is 0 Å². The molecule has 0 aliphatic rings. The Morgan fingerprint density at radius 3 is 2.47 bits per heavy atom. The lowest BCUT2D eigenvalue weighted by Crippen LogP contribution is -2.52. The number of hydrogen-bond acceptors (Lipinski definition) is 2. The molecular weight excluding hydrogens is 256 g/mol. The minimum atomic E-state index is -1.48. The van der Waals surface area contributed by atoms with Crippen LogP contribution in [-0.4, -0.2) is 22.5 Å². The summed E-state index contributed by atoms with van der Waals surface area (Å²) in [5.74, 6) is -3.91. The highest BCUT2D eigenvalue weighted by molar-refractivity contribution is 5.97. The molecule has 104 valence electrons. The van der Waals surface area contributed by atoms with Crippen LogP contribution in [0.4, 0.5) is 8.78 Å². The molecular formula is C13H15F2NO3. The summed E-state index contributed by atoms with van der Waals surface area (Å²) in [5.41, 5.74) is -1.86. The van der Waals surface area contributed by atoms with Crippen molar-refractivity contribution in [3.8, 4) is 0 Å². The van der Waals surface area contributed by atoms with Crippen LogP contribution >= 0.6 is 0 Å². The van der Waals surface area contributed by atoms with Gasteiger partial charge in [0.05, 0.1) is 5.56 Å². The van der Waals surface area contributed by atoms with Gasteiger partial charge >= 0.3 is 5.97 Å². The molecule has 0 saturated carbocycles. The lowest BCUT2D eigenvalue weighted by Gasteiger charge is -2.25. The van der Waals surface area contributed by atoms with Crippen LogP contribution in [0.3, 0.4) is 0 Å². The van der Waals surface area contributed by atoms with E-state index in [9.17, 15) is 18.4 Å². The van der Waals surface area contributed by atoms with E-state index in [0.29, 0.717) is 12.5 Å². The molecule has 4 nitrogen and oxygen atoms in total. The molecule has 1 atom stereocenters. The van der Waals surface area contributed by atoms with E-state index in [1.807, 2.05) is 0 Å². The van der Waals surface area contributed by atoms with Gasteiger partial charge in [-0.2, -0.15) is 0 Å². The first-order valence-corrected chi connectivity index (χ1v) is 5.81. The number of carbonyl (C=O) groups is 2. The molecule has 0 aliphatic carbocycles. The molecule has 0 heterocycles. The van der Waals surface area contributed by atoms with Crippen LogP contribution < -0.4 is 5.32 Å². The molecule has 2 N–H and O–H groups in total. The number of carboxylic acids is 1. The average molecular weight is 271 g/mol. The van der Waals surface area contributed by atoms with Crippen molar-refractivity contribution in [3.05, 3.63) is 35.4 Å².